The molecule has 2 aliphatic heterocycles. The molecule has 2 N–H and O–H groups in total. The first-order valence-corrected chi connectivity index (χ1v) is 8.55. The maximum atomic E-state index is 4.73. The van der Waals surface area contributed by atoms with E-state index in [-0.39, 0.29) is 0 Å². The zero-order valence-corrected chi connectivity index (χ0v) is 13.9. The fourth-order valence-electron chi connectivity index (χ4n) is 3.46. The van der Waals surface area contributed by atoms with Crippen LogP contribution in [0.2, 0.25) is 0 Å². The number of nitrogens with zero attached hydrogens (tertiary/aromatic N) is 3. The number of aromatic amines is 1. The summed E-state index contributed by atoms with van der Waals surface area (Å²) in [7, 11) is 0. The van der Waals surface area contributed by atoms with Crippen molar-refractivity contribution in [3.05, 3.63) is 27.8 Å². The quantitative estimate of drug-likeness (QED) is 0.767. The Balaban J connectivity index is 1.62. The molecular formula is C15H18IN5. The first-order chi connectivity index (χ1) is 10.3. The van der Waals surface area contributed by atoms with Crippen LogP contribution in [0.15, 0.2) is 24.3 Å². The third-order valence-electron chi connectivity index (χ3n) is 4.51. The molecule has 2 atom stereocenters. The molecular weight excluding hydrogens is 377 g/mol. The first kappa shape index (κ1) is 13.5. The van der Waals surface area contributed by atoms with E-state index in [0.717, 1.165) is 42.9 Å². The molecule has 0 amide bonds. The Labute approximate surface area is 137 Å². The van der Waals surface area contributed by atoms with Gasteiger partial charge in [0.1, 0.15) is 0 Å². The lowest BCUT2D eigenvalue weighted by atomic mass is 9.92. The molecule has 4 rings (SSSR count). The molecule has 5 nitrogen and oxygen atoms in total. The summed E-state index contributed by atoms with van der Waals surface area (Å²) in [6, 6.07) is 8.89. The van der Waals surface area contributed by atoms with E-state index in [9.17, 15) is 0 Å². The van der Waals surface area contributed by atoms with Crippen LogP contribution in [-0.4, -0.2) is 40.9 Å². The van der Waals surface area contributed by atoms with Crippen LogP contribution in [0.25, 0.3) is 11.4 Å². The van der Waals surface area contributed by atoms with Gasteiger partial charge in [-0.1, -0.05) is 12.1 Å². The molecule has 1 aromatic heterocycles. The lowest BCUT2D eigenvalue weighted by molar-refractivity contribution is 0.381. The summed E-state index contributed by atoms with van der Waals surface area (Å²) < 4.78 is 1.21. The van der Waals surface area contributed by atoms with Gasteiger partial charge in [0.05, 0.1) is 0 Å². The van der Waals surface area contributed by atoms with E-state index in [1.54, 1.807) is 0 Å². The van der Waals surface area contributed by atoms with Crippen LogP contribution < -0.4 is 10.2 Å². The SMILES string of the molecule is Ic1cccc(-c2nc(N3CCCC4CNCC43)n[nH]2)c1. The van der Waals surface area contributed by atoms with Crippen LogP contribution >= 0.6 is 22.6 Å². The number of piperidine rings is 1. The van der Waals surface area contributed by atoms with Crippen LogP contribution in [0.1, 0.15) is 12.8 Å². The summed E-state index contributed by atoms with van der Waals surface area (Å²) >= 11 is 2.32. The molecule has 0 bridgehead atoms. The molecule has 0 radical (unpaired) electrons. The van der Waals surface area contributed by atoms with Gasteiger partial charge in [0.25, 0.3) is 0 Å². The smallest absolute Gasteiger partial charge is 0.245 e. The van der Waals surface area contributed by atoms with Crippen molar-refractivity contribution < 1.29 is 0 Å². The fraction of sp³-hybridized carbons (Fsp3) is 0.467. The summed E-state index contributed by atoms with van der Waals surface area (Å²) in [5.74, 6) is 2.46. The van der Waals surface area contributed by atoms with Crippen molar-refractivity contribution in [3.63, 3.8) is 0 Å². The molecule has 2 fully saturated rings. The third kappa shape index (κ3) is 2.55. The normalized spacial score (nSPS) is 25.1. The Kier molecular flexibility index (Phi) is 3.58. The average Bonchev–Trinajstić information content (AvgIpc) is 3.16. The zero-order valence-electron chi connectivity index (χ0n) is 11.7. The van der Waals surface area contributed by atoms with E-state index < -0.39 is 0 Å². The van der Waals surface area contributed by atoms with Crippen molar-refractivity contribution in [2.75, 3.05) is 24.5 Å². The Bertz CT molecular complexity index is 640. The van der Waals surface area contributed by atoms with Crippen LogP contribution in [0, 0.1) is 9.49 Å². The third-order valence-corrected chi connectivity index (χ3v) is 5.18. The lowest BCUT2D eigenvalue weighted by Gasteiger charge is -2.36. The second kappa shape index (κ2) is 5.57. The Morgan fingerprint density at radius 1 is 1.29 bits per heavy atom. The molecule has 3 heterocycles. The zero-order chi connectivity index (χ0) is 14.2. The molecule has 110 valence electrons. The first-order valence-electron chi connectivity index (χ1n) is 7.47. The number of anilines is 1. The van der Waals surface area contributed by atoms with Crippen molar-refractivity contribution in [1.29, 1.82) is 0 Å². The highest BCUT2D eigenvalue weighted by Crippen LogP contribution is 2.30. The van der Waals surface area contributed by atoms with Crippen molar-refractivity contribution in [3.8, 4) is 11.4 Å². The average molecular weight is 395 g/mol. The van der Waals surface area contributed by atoms with E-state index >= 15 is 0 Å². The highest BCUT2D eigenvalue weighted by molar-refractivity contribution is 14.1. The molecule has 0 aliphatic carbocycles. The van der Waals surface area contributed by atoms with Gasteiger partial charge in [-0.15, -0.1) is 5.10 Å². The number of rotatable bonds is 2. The van der Waals surface area contributed by atoms with Gasteiger partial charge in [-0.2, -0.15) is 4.98 Å². The topological polar surface area (TPSA) is 56.8 Å². The standard InChI is InChI=1S/C15H18IN5/c16-12-5-1-3-10(7-12)14-18-15(20-19-14)21-6-2-4-11-8-17-9-13(11)21/h1,3,5,7,11,13,17H,2,4,6,8-9H2,(H,18,19,20). The van der Waals surface area contributed by atoms with Crippen molar-refractivity contribution in [1.82, 2.24) is 20.5 Å². The summed E-state index contributed by atoms with van der Waals surface area (Å²) in [6.07, 6.45) is 2.55. The van der Waals surface area contributed by atoms with Gasteiger partial charge in [-0.25, -0.2) is 0 Å². The van der Waals surface area contributed by atoms with Crippen LogP contribution in [0.4, 0.5) is 5.95 Å². The monoisotopic (exact) mass is 395 g/mol. The van der Waals surface area contributed by atoms with Gasteiger partial charge in [0.2, 0.25) is 5.95 Å². The second-order valence-corrected chi connectivity index (χ2v) is 7.06. The van der Waals surface area contributed by atoms with E-state index in [4.69, 9.17) is 4.98 Å². The Morgan fingerprint density at radius 2 is 2.24 bits per heavy atom. The van der Waals surface area contributed by atoms with Gasteiger partial charge >= 0.3 is 0 Å². The van der Waals surface area contributed by atoms with E-state index in [1.165, 1.54) is 16.4 Å². The number of nitrogens with one attached hydrogen (secondary N) is 2. The van der Waals surface area contributed by atoms with Crippen LogP contribution in [-0.2, 0) is 0 Å². The molecule has 21 heavy (non-hydrogen) atoms. The predicted molar refractivity (Wildman–Crippen MR) is 91.3 cm³/mol. The van der Waals surface area contributed by atoms with Gasteiger partial charge < -0.3 is 10.2 Å². The summed E-state index contributed by atoms with van der Waals surface area (Å²) in [4.78, 5) is 7.11. The van der Waals surface area contributed by atoms with E-state index in [0.29, 0.717) is 6.04 Å². The molecule has 0 spiro atoms. The Morgan fingerprint density at radius 3 is 3.14 bits per heavy atom. The minimum absolute atomic E-state index is 0.554. The van der Waals surface area contributed by atoms with Gasteiger partial charge in [-0.05, 0) is 53.5 Å². The van der Waals surface area contributed by atoms with E-state index in [1.807, 2.05) is 0 Å². The summed E-state index contributed by atoms with van der Waals surface area (Å²) in [5.41, 5.74) is 1.10. The van der Waals surface area contributed by atoms with Gasteiger partial charge in [0.15, 0.2) is 5.82 Å². The van der Waals surface area contributed by atoms with Gasteiger partial charge in [-0.3, -0.25) is 5.10 Å². The van der Waals surface area contributed by atoms with Crippen LogP contribution in [0.3, 0.4) is 0 Å². The molecule has 0 saturated carbocycles. The maximum absolute atomic E-state index is 4.73. The number of H-pyrrole nitrogens is 1. The molecule has 2 aromatic rings. The van der Waals surface area contributed by atoms with Crippen molar-refractivity contribution in [2.45, 2.75) is 18.9 Å². The fourth-order valence-corrected chi connectivity index (χ4v) is 4.01. The number of hydrogen-bond acceptors (Lipinski definition) is 4. The van der Waals surface area contributed by atoms with Crippen molar-refractivity contribution >= 4 is 28.5 Å². The number of aromatic nitrogens is 3. The lowest BCUT2D eigenvalue weighted by Crippen LogP contribution is -2.45. The largest absolute Gasteiger partial charge is 0.335 e. The summed E-state index contributed by atoms with van der Waals surface area (Å²) in [5, 5.41) is 11.1. The number of fused-ring (bicyclic) bond motifs is 1. The van der Waals surface area contributed by atoms with Crippen molar-refractivity contribution in [2.24, 2.45) is 5.92 Å². The minimum Gasteiger partial charge on any atom is -0.335 e. The highest BCUT2D eigenvalue weighted by Gasteiger charge is 2.36. The minimum atomic E-state index is 0.554. The Hall–Kier alpha value is -1.15. The van der Waals surface area contributed by atoms with Gasteiger partial charge in [0, 0.05) is 34.8 Å². The number of halogens is 1. The predicted octanol–water partition coefficient (Wildman–Crippen LogP) is 2.26. The highest BCUT2D eigenvalue weighted by atomic mass is 127. The second-order valence-electron chi connectivity index (χ2n) is 5.82. The maximum Gasteiger partial charge on any atom is 0.245 e. The number of hydrogen-bond donors (Lipinski definition) is 2. The van der Waals surface area contributed by atoms with Crippen LogP contribution in [0.5, 0.6) is 0 Å². The van der Waals surface area contributed by atoms with E-state index in [2.05, 4.69) is 67.3 Å². The molecule has 2 unspecified atom stereocenters. The molecule has 2 saturated heterocycles. The molecule has 1 aromatic carbocycles. The number of benzene rings is 1. The molecule has 6 heteroatoms. The molecule has 2 aliphatic rings. The summed E-state index contributed by atoms with van der Waals surface area (Å²) in [6.45, 7) is 3.25.